The van der Waals surface area contributed by atoms with Gasteiger partial charge in [0.15, 0.2) is 0 Å². The van der Waals surface area contributed by atoms with Crippen LogP contribution in [-0.2, 0) is 19.7 Å². The van der Waals surface area contributed by atoms with Gasteiger partial charge in [0.05, 0.1) is 11.1 Å². The molecule has 0 fully saturated rings. The van der Waals surface area contributed by atoms with Crippen molar-refractivity contribution in [1.29, 1.82) is 0 Å². The standard InChI is InChI=1S/C12H11N3O5S/c13-12(17)10-5-8-3-1-2-4-11(8)21(18,19)15(10)14-6-9(16)7-20-14/h1-6,16H,7H2,(H2,13,17). The smallest absolute Gasteiger partial charge is 0.284 e. The number of hydrogen-bond donors (Lipinski definition) is 2. The fourth-order valence-electron chi connectivity index (χ4n) is 2.08. The molecule has 8 nitrogen and oxygen atoms in total. The number of benzene rings is 1. The Morgan fingerprint density at radius 1 is 1.33 bits per heavy atom. The Morgan fingerprint density at radius 3 is 2.67 bits per heavy atom. The molecule has 1 aromatic carbocycles. The zero-order valence-corrected chi connectivity index (χ0v) is 11.4. The van der Waals surface area contributed by atoms with Gasteiger partial charge in [-0.2, -0.15) is 8.42 Å². The van der Waals surface area contributed by atoms with E-state index in [1.807, 2.05) is 0 Å². The van der Waals surface area contributed by atoms with Gasteiger partial charge in [-0.15, -0.1) is 9.59 Å². The van der Waals surface area contributed by atoms with Gasteiger partial charge in [-0.3, -0.25) is 4.79 Å². The number of hydrogen-bond acceptors (Lipinski definition) is 6. The molecule has 0 saturated carbocycles. The third-order valence-electron chi connectivity index (χ3n) is 2.96. The van der Waals surface area contributed by atoms with Crippen molar-refractivity contribution in [2.75, 3.05) is 6.61 Å². The SMILES string of the molecule is NC(=O)C1=Cc2ccccc2S(=O)(=O)N1N1C=C(O)CO1. The van der Waals surface area contributed by atoms with Gasteiger partial charge in [0.25, 0.3) is 15.9 Å². The highest BCUT2D eigenvalue weighted by Crippen LogP contribution is 2.33. The van der Waals surface area contributed by atoms with Crippen molar-refractivity contribution in [3.63, 3.8) is 0 Å². The van der Waals surface area contributed by atoms with Crippen LogP contribution in [0, 0.1) is 0 Å². The van der Waals surface area contributed by atoms with Crippen LogP contribution in [0.1, 0.15) is 5.56 Å². The summed E-state index contributed by atoms with van der Waals surface area (Å²) in [5.74, 6) is -1.11. The van der Waals surface area contributed by atoms with Crippen LogP contribution in [0.15, 0.2) is 46.8 Å². The lowest BCUT2D eigenvalue weighted by Crippen LogP contribution is -2.46. The monoisotopic (exact) mass is 309 g/mol. The maximum Gasteiger partial charge on any atom is 0.284 e. The first-order valence-corrected chi connectivity index (χ1v) is 7.33. The summed E-state index contributed by atoms with van der Waals surface area (Å²) in [7, 11) is -4.07. The van der Waals surface area contributed by atoms with Crippen LogP contribution in [0.3, 0.4) is 0 Å². The van der Waals surface area contributed by atoms with E-state index < -0.39 is 15.9 Å². The molecular weight excluding hydrogens is 298 g/mol. The van der Waals surface area contributed by atoms with E-state index >= 15 is 0 Å². The maximum absolute atomic E-state index is 12.7. The second kappa shape index (κ2) is 4.50. The molecule has 0 atom stereocenters. The molecule has 0 saturated heterocycles. The number of hydroxylamine groups is 1. The number of aliphatic hydroxyl groups excluding tert-OH is 1. The van der Waals surface area contributed by atoms with E-state index in [9.17, 15) is 18.3 Å². The molecule has 3 N–H and O–H groups in total. The van der Waals surface area contributed by atoms with E-state index in [4.69, 9.17) is 10.6 Å². The van der Waals surface area contributed by atoms with Gasteiger partial charge in [0.1, 0.15) is 18.1 Å². The average molecular weight is 309 g/mol. The second-order valence-electron chi connectivity index (χ2n) is 4.38. The number of aliphatic hydroxyl groups is 1. The highest BCUT2D eigenvalue weighted by atomic mass is 32.2. The van der Waals surface area contributed by atoms with Crippen LogP contribution in [-0.4, -0.2) is 35.6 Å². The molecule has 0 radical (unpaired) electrons. The summed E-state index contributed by atoms with van der Waals surface area (Å²) >= 11 is 0. The Hall–Kier alpha value is -2.52. The van der Waals surface area contributed by atoms with E-state index in [1.165, 1.54) is 12.1 Å². The topological polar surface area (TPSA) is 113 Å². The molecule has 0 unspecified atom stereocenters. The van der Waals surface area contributed by atoms with Crippen LogP contribution in [0.4, 0.5) is 0 Å². The number of carbonyl (C=O) groups is 1. The first-order chi connectivity index (χ1) is 9.91. The number of nitrogens with two attached hydrogens (primary N) is 1. The van der Waals surface area contributed by atoms with Gasteiger partial charge in [-0.05, 0) is 17.7 Å². The number of rotatable bonds is 2. The first-order valence-electron chi connectivity index (χ1n) is 5.89. The van der Waals surface area contributed by atoms with Crippen LogP contribution >= 0.6 is 0 Å². The van der Waals surface area contributed by atoms with Gasteiger partial charge in [0.2, 0.25) is 0 Å². The highest BCUT2D eigenvalue weighted by Gasteiger charge is 2.40. The maximum atomic E-state index is 12.7. The number of carbonyl (C=O) groups excluding carboxylic acids is 1. The fraction of sp³-hybridized carbons (Fsp3) is 0.0833. The number of primary amides is 1. The normalized spacial score (nSPS) is 19.8. The second-order valence-corrected chi connectivity index (χ2v) is 6.11. The van der Waals surface area contributed by atoms with Gasteiger partial charge in [-0.1, -0.05) is 18.2 Å². The molecule has 21 heavy (non-hydrogen) atoms. The van der Waals surface area contributed by atoms with Crippen LogP contribution in [0.25, 0.3) is 6.08 Å². The van der Waals surface area contributed by atoms with Gasteiger partial charge >= 0.3 is 0 Å². The summed E-state index contributed by atoms with van der Waals surface area (Å²) in [6.07, 6.45) is 2.41. The molecule has 0 spiro atoms. The molecule has 1 amide bonds. The molecule has 0 bridgehead atoms. The Labute approximate surface area is 120 Å². The number of nitrogens with zero attached hydrogens (tertiary/aromatic N) is 2. The summed E-state index contributed by atoms with van der Waals surface area (Å²) in [6, 6.07) is 6.18. The van der Waals surface area contributed by atoms with E-state index in [0.717, 1.165) is 11.4 Å². The minimum Gasteiger partial charge on any atom is -0.508 e. The summed E-state index contributed by atoms with van der Waals surface area (Å²) in [5.41, 5.74) is 5.34. The van der Waals surface area contributed by atoms with Gasteiger partial charge in [0, 0.05) is 0 Å². The zero-order chi connectivity index (χ0) is 15.2. The summed E-state index contributed by atoms with van der Waals surface area (Å²) in [5, 5.41) is 10.1. The van der Waals surface area contributed by atoms with Crippen molar-refractivity contribution in [1.82, 2.24) is 9.59 Å². The Kier molecular flexibility index (Phi) is 2.88. The quantitative estimate of drug-likeness (QED) is 0.800. The molecule has 2 aliphatic heterocycles. The van der Waals surface area contributed by atoms with Crippen LogP contribution < -0.4 is 5.73 Å². The van der Waals surface area contributed by atoms with Crippen molar-refractivity contribution in [2.45, 2.75) is 4.90 Å². The van der Waals surface area contributed by atoms with Crippen molar-refractivity contribution < 1.29 is 23.2 Å². The van der Waals surface area contributed by atoms with Crippen molar-refractivity contribution in [3.8, 4) is 0 Å². The third kappa shape index (κ3) is 2.03. The largest absolute Gasteiger partial charge is 0.508 e. The number of hydrazine groups is 1. The average Bonchev–Trinajstić information content (AvgIpc) is 2.84. The summed E-state index contributed by atoms with van der Waals surface area (Å²) in [4.78, 5) is 16.6. The molecule has 2 heterocycles. The third-order valence-corrected chi connectivity index (χ3v) is 4.70. The lowest BCUT2D eigenvalue weighted by atomic mass is 10.2. The lowest BCUT2D eigenvalue weighted by molar-refractivity contribution is -0.180. The van der Waals surface area contributed by atoms with E-state index in [1.54, 1.807) is 18.2 Å². The summed E-state index contributed by atoms with van der Waals surface area (Å²) < 4.78 is 25.9. The zero-order valence-electron chi connectivity index (χ0n) is 10.6. The lowest BCUT2D eigenvalue weighted by Gasteiger charge is -2.33. The highest BCUT2D eigenvalue weighted by molar-refractivity contribution is 7.89. The molecule has 9 heteroatoms. The van der Waals surface area contributed by atoms with Gasteiger partial charge < -0.3 is 10.8 Å². The predicted molar refractivity (Wildman–Crippen MR) is 71.1 cm³/mol. The number of amides is 1. The molecule has 1 aromatic rings. The number of fused-ring (bicyclic) bond motifs is 1. The molecule has 3 rings (SSSR count). The Bertz CT molecular complexity index is 784. The van der Waals surface area contributed by atoms with Crippen molar-refractivity contribution in [2.24, 2.45) is 5.73 Å². The first kappa shape index (κ1) is 13.5. The fourth-order valence-corrected chi connectivity index (χ4v) is 3.65. The minimum absolute atomic E-state index is 0.0124. The molecule has 0 aromatic heterocycles. The molecular formula is C12H11N3O5S. The Morgan fingerprint density at radius 2 is 2.05 bits per heavy atom. The van der Waals surface area contributed by atoms with E-state index in [0.29, 0.717) is 9.98 Å². The van der Waals surface area contributed by atoms with Crippen molar-refractivity contribution >= 4 is 22.0 Å². The van der Waals surface area contributed by atoms with Crippen molar-refractivity contribution in [3.05, 3.63) is 47.5 Å². The predicted octanol–water partition coefficient (Wildman–Crippen LogP) is 0.0787. The van der Waals surface area contributed by atoms with Crippen LogP contribution in [0.2, 0.25) is 0 Å². The Balaban J connectivity index is 2.21. The molecule has 0 aliphatic carbocycles. The van der Waals surface area contributed by atoms with Crippen LogP contribution in [0.5, 0.6) is 0 Å². The summed E-state index contributed by atoms with van der Waals surface area (Å²) in [6.45, 7) is -0.195. The van der Waals surface area contributed by atoms with E-state index in [-0.39, 0.29) is 23.0 Å². The number of sulfonamides is 1. The van der Waals surface area contributed by atoms with Gasteiger partial charge in [-0.25, -0.2) is 4.84 Å². The minimum atomic E-state index is -4.07. The molecule has 110 valence electrons. The van der Waals surface area contributed by atoms with E-state index in [2.05, 4.69) is 0 Å². The molecule has 2 aliphatic rings.